The first kappa shape index (κ1) is 16.1. The zero-order valence-electron chi connectivity index (χ0n) is 14.2. The third-order valence-electron chi connectivity index (χ3n) is 4.25. The van der Waals surface area contributed by atoms with E-state index in [1.807, 2.05) is 54.6 Å². The molecule has 3 nitrogen and oxygen atoms in total. The van der Waals surface area contributed by atoms with Gasteiger partial charge in [0.15, 0.2) is 0 Å². The number of H-pyrrole nitrogens is 1. The second kappa shape index (κ2) is 6.84. The highest BCUT2D eigenvalue weighted by atomic mass is 19.1. The number of nitrogens with zero attached hydrogens (tertiary/aromatic N) is 1. The Morgan fingerprint density at radius 3 is 2.08 bits per heavy atom. The summed E-state index contributed by atoms with van der Waals surface area (Å²) in [6.45, 7) is 0. The molecule has 0 saturated heterocycles. The molecule has 0 atom stereocenters. The average molecular weight is 344 g/mol. The SMILES string of the molecule is COc1ccc(-c2nc(-c3ccccc3)c(-c3ccc(F)cc3)[nH]2)cc1. The Bertz CT molecular complexity index is 1010. The highest BCUT2D eigenvalue weighted by molar-refractivity contribution is 5.81. The van der Waals surface area contributed by atoms with Crippen LogP contribution in [-0.2, 0) is 0 Å². The van der Waals surface area contributed by atoms with Crippen LogP contribution >= 0.6 is 0 Å². The van der Waals surface area contributed by atoms with E-state index < -0.39 is 0 Å². The molecule has 3 aromatic carbocycles. The molecule has 0 unspecified atom stereocenters. The van der Waals surface area contributed by atoms with Crippen molar-refractivity contribution in [3.8, 4) is 39.7 Å². The second-order valence-electron chi connectivity index (χ2n) is 5.91. The van der Waals surface area contributed by atoms with E-state index in [0.717, 1.165) is 39.7 Å². The number of halogens is 1. The summed E-state index contributed by atoms with van der Waals surface area (Å²) in [5, 5.41) is 0. The van der Waals surface area contributed by atoms with E-state index >= 15 is 0 Å². The molecule has 1 N–H and O–H groups in total. The highest BCUT2D eigenvalue weighted by Crippen LogP contribution is 2.33. The van der Waals surface area contributed by atoms with Crippen LogP contribution in [0.5, 0.6) is 5.75 Å². The number of methoxy groups -OCH3 is 1. The highest BCUT2D eigenvalue weighted by Gasteiger charge is 2.15. The van der Waals surface area contributed by atoms with Gasteiger partial charge in [-0.25, -0.2) is 9.37 Å². The van der Waals surface area contributed by atoms with Crippen LogP contribution in [0.3, 0.4) is 0 Å². The van der Waals surface area contributed by atoms with Gasteiger partial charge in [0.2, 0.25) is 0 Å². The molecule has 128 valence electrons. The smallest absolute Gasteiger partial charge is 0.138 e. The largest absolute Gasteiger partial charge is 0.497 e. The molecule has 0 amide bonds. The number of ether oxygens (including phenoxy) is 1. The van der Waals surface area contributed by atoms with E-state index in [4.69, 9.17) is 9.72 Å². The zero-order chi connectivity index (χ0) is 17.9. The molecule has 26 heavy (non-hydrogen) atoms. The van der Waals surface area contributed by atoms with Crippen LogP contribution in [0, 0.1) is 5.82 Å². The van der Waals surface area contributed by atoms with Crippen molar-refractivity contribution in [3.05, 3.63) is 84.7 Å². The fourth-order valence-electron chi connectivity index (χ4n) is 2.89. The monoisotopic (exact) mass is 344 g/mol. The molecule has 0 aliphatic carbocycles. The number of hydrogen-bond acceptors (Lipinski definition) is 2. The molecular formula is C22H17FN2O. The summed E-state index contributed by atoms with van der Waals surface area (Å²) in [4.78, 5) is 8.21. The van der Waals surface area contributed by atoms with Crippen LogP contribution in [0.15, 0.2) is 78.9 Å². The van der Waals surface area contributed by atoms with Gasteiger partial charge < -0.3 is 9.72 Å². The maximum atomic E-state index is 13.3. The van der Waals surface area contributed by atoms with Gasteiger partial charge in [0.25, 0.3) is 0 Å². The molecular weight excluding hydrogens is 327 g/mol. The summed E-state index contributed by atoms with van der Waals surface area (Å²) >= 11 is 0. The summed E-state index contributed by atoms with van der Waals surface area (Å²) < 4.78 is 18.5. The van der Waals surface area contributed by atoms with E-state index in [9.17, 15) is 4.39 Å². The van der Waals surface area contributed by atoms with Crippen LogP contribution in [0.2, 0.25) is 0 Å². The number of aromatic nitrogens is 2. The standard InChI is InChI=1S/C22H17FN2O/c1-26-19-13-9-17(10-14-19)22-24-20(15-5-3-2-4-6-15)21(25-22)16-7-11-18(23)12-8-16/h2-14H,1H3,(H,24,25). The topological polar surface area (TPSA) is 37.9 Å². The molecule has 4 rings (SSSR count). The predicted octanol–water partition coefficient (Wildman–Crippen LogP) is 5.56. The van der Waals surface area contributed by atoms with E-state index in [1.165, 1.54) is 12.1 Å². The fraction of sp³-hybridized carbons (Fsp3) is 0.0455. The fourth-order valence-corrected chi connectivity index (χ4v) is 2.89. The maximum Gasteiger partial charge on any atom is 0.138 e. The lowest BCUT2D eigenvalue weighted by atomic mass is 10.1. The Balaban J connectivity index is 1.85. The molecule has 0 fully saturated rings. The number of imidazole rings is 1. The van der Waals surface area contributed by atoms with Crippen molar-refractivity contribution >= 4 is 0 Å². The van der Waals surface area contributed by atoms with Crippen LogP contribution in [0.25, 0.3) is 33.9 Å². The van der Waals surface area contributed by atoms with Gasteiger partial charge in [-0.15, -0.1) is 0 Å². The molecule has 1 aromatic heterocycles. The minimum atomic E-state index is -0.259. The minimum absolute atomic E-state index is 0.259. The summed E-state index contributed by atoms with van der Waals surface area (Å²) in [6.07, 6.45) is 0. The summed E-state index contributed by atoms with van der Waals surface area (Å²) in [7, 11) is 1.64. The Morgan fingerprint density at radius 1 is 0.769 bits per heavy atom. The van der Waals surface area contributed by atoms with E-state index in [2.05, 4.69) is 4.98 Å². The van der Waals surface area contributed by atoms with E-state index in [0.29, 0.717) is 0 Å². The number of aromatic amines is 1. The predicted molar refractivity (Wildman–Crippen MR) is 101 cm³/mol. The first-order valence-electron chi connectivity index (χ1n) is 8.30. The van der Waals surface area contributed by atoms with Crippen molar-refractivity contribution in [2.75, 3.05) is 7.11 Å². The number of rotatable bonds is 4. The molecule has 0 aliphatic heterocycles. The van der Waals surface area contributed by atoms with Gasteiger partial charge in [0, 0.05) is 16.7 Å². The average Bonchev–Trinajstić information content (AvgIpc) is 3.15. The van der Waals surface area contributed by atoms with Crippen molar-refractivity contribution in [3.63, 3.8) is 0 Å². The third-order valence-corrected chi connectivity index (χ3v) is 4.25. The second-order valence-corrected chi connectivity index (χ2v) is 5.91. The Kier molecular flexibility index (Phi) is 4.23. The van der Waals surface area contributed by atoms with E-state index in [-0.39, 0.29) is 5.82 Å². The van der Waals surface area contributed by atoms with Gasteiger partial charge in [0.1, 0.15) is 17.4 Å². The number of benzene rings is 3. The van der Waals surface area contributed by atoms with Gasteiger partial charge in [-0.3, -0.25) is 0 Å². The van der Waals surface area contributed by atoms with Crippen LogP contribution in [0.4, 0.5) is 4.39 Å². The van der Waals surface area contributed by atoms with Gasteiger partial charge in [-0.1, -0.05) is 30.3 Å². The van der Waals surface area contributed by atoms with Gasteiger partial charge >= 0.3 is 0 Å². The number of hydrogen-bond donors (Lipinski definition) is 1. The van der Waals surface area contributed by atoms with Gasteiger partial charge in [-0.05, 0) is 48.5 Å². The summed E-state index contributed by atoms with van der Waals surface area (Å²) in [6, 6.07) is 24.1. The molecule has 0 saturated carbocycles. The van der Waals surface area contributed by atoms with E-state index in [1.54, 1.807) is 19.2 Å². The third kappa shape index (κ3) is 3.09. The summed E-state index contributed by atoms with van der Waals surface area (Å²) in [5.41, 5.74) is 4.54. The molecule has 0 bridgehead atoms. The molecule has 1 heterocycles. The van der Waals surface area contributed by atoms with Crippen molar-refractivity contribution in [2.45, 2.75) is 0 Å². The van der Waals surface area contributed by atoms with Gasteiger partial charge in [0.05, 0.1) is 18.5 Å². The lowest BCUT2D eigenvalue weighted by Crippen LogP contribution is -1.84. The van der Waals surface area contributed by atoms with Gasteiger partial charge in [-0.2, -0.15) is 0 Å². The quantitative estimate of drug-likeness (QED) is 0.526. The van der Waals surface area contributed by atoms with Crippen LogP contribution < -0.4 is 4.74 Å². The minimum Gasteiger partial charge on any atom is -0.497 e. The first-order valence-corrected chi connectivity index (χ1v) is 8.30. The lowest BCUT2D eigenvalue weighted by molar-refractivity contribution is 0.415. The molecule has 0 radical (unpaired) electrons. The molecule has 0 aliphatic rings. The maximum absolute atomic E-state index is 13.3. The normalized spacial score (nSPS) is 10.7. The first-order chi connectivity index (χ1) is 12.7. The number of nitrogens with one attached hydrogen (secondary N) is 1. The Labute approximate surface area is 151 Å². The zero-order valence-corrected chi connectivity index (χ0v) is 14.2. The molecule has 4 heteroatoms. The summed E-state index contributed by atoms with van der Waals surface area (Å²) in [5.74, 6) is 1.29. The van der Waals surface area contributed by atoms with Crippen molar-refractivity contribution in [1.82, 2.24) is 9.97 Å². The van der Waals surface area contributed by atoms with Crippen molar-refractivity contribution in [2.24, 2.45) is 0 Å². The van der Waals surface area contributed by atoms with Crippen molar-refractivity contribution < 1.29 is 9.13 Å². The van der Waals surface area contributed by atoms with Crippen LogP contribution in [-0.4, -0.2) is 17.1 Å². The Morgan fingerprint density at radius 2 is 1.42 bits per heavy atom. The lowest BCUT2D eigenvalue weighted by Gasteiger charge is -2.03. The van der Waals surface area contributed by atoms with Crippen molar-refractivity contribution in [1.29, 1.82) is 0 Å². The van der Waals surface area contributed by atoms with Crippen LogP contribution in [0.1, 0.15) is 0 Å². The molecule has 0 spiro atoms. The molecule has 4 aromatic rings. The Hall–Kier alpha value is -3.40.